The molecule has 4 amide bonds. The summed E-state index contributed by atoms with van der Waals surface area (Å²) in [7, 11) is 0. The second-order valence-electron chi connectivity index (χ2n) is 13.0. The van der Waals surface area contributed by atoms with Crippen LogP contribution in [0, 0.1) is 5.92 Å². The predicted molar refractivity (Wildman–Crippen MR) is 186 cm³/mol. The largest absolute Gasteiger partial charge is 0.480 e. The lowest BCUT2D eigenvalue weighted by Gasteiger charge is -2.36. The number of nitrogens with zero attached hydrogens (tertiary/aromatic N) is 1. The number of carboxylic acids is 1. The summed E-state index contributed by atoms with van der Waals surface area (Å²) in [6.45, 7) is 4.38. The number of benzene rings is 2. The number of piperidine rings is 1. The summed E-state index contributed by atoms with van der Waals surface area (Å²) in [4.78, 5) is 67.5. The monoisotopic (exact) mass is 677 g/mol. The van der Waals surface area contributed by atoms with Crippen LogP contribution in [-0.2, 0) is 36.8 Å². The van der Waals surface area contributed by atoms with E-state index in [2.05, 4.69) is 16.0 Å². The van der Waals surface area contributed by atoms with Crippen molar-refractivity contribution in [2.75, 3.05) is 19.6 Å². The lowest BCUT2D eigenvalue weighted by atomic mass is 9.88. The molecular weight excluding hydrogens is 626 g/mol. The van der Waals surface area contributed by atoms with Crippen molar-refractivity contribution >= 4 is 29.6 Å². The van der Waals surface area contributed by atoms with Crippen LogP contribution in [0.25, 0.3) is 0 Å². The van der Waals surface area contributed by atoms with Crippen molar-refractivity contribution in [2.24, 2.45) is 23.1 Å². The molecule has 1 aliphatic heterocycles. The first-order chi connectivity index (χ1) is 23.3. The van der Waals surface area contributed by atoms with Crippen LogP contribution in [0.4, 0.5) is 0 Å². The third kappa shape index (κ3) is 12.1. The van der Waals surface area contributed by atoms with E-state index < -0.39 is 53.3 Å². The van der Waals surface area contributed by atoms with Gasteiger partial charge in [0, 0.05) is 19.5 Å². The normalized spacial score (nSPS) is 16.3. The highest BCUT2D eigenvalue weighted by Crippen LogP contribution is 2.21. The molecule has 13 heteroatoms. The van der Waals surface area contributed by atoms with Gasteiger partial charge >= 0.3 is 5.97 Å². The number of rotatable bonds is 17. The van der Waals surface area contributed by atoms with Crippen molar-refractivity contribution in [3.8, 4) is 0 Å². The summed E-state index contributed by atoms with van der Waals surface area (Å²) in [6, 6.07) is 15.5. The van der Waals surface area contributed by atoms with Crippen molar-refractivity contribution in [1.29, 1.82) is 0 Å². The van der Waals surface area contributed by atoms with E-state index in [0.717, 1.165) is 11.1 Å². The van der Waals surface area contributed by atoms with Gasteiger partial charge < -0.3 is 43.2 Å². The van der Waals surface area contributed by atoms with Crippen LogP contribution in [0.5, 0.6) is 0 Å². The Morgan fingerprint density at radius 2 is 1.41 bits per heavy atom. The maximum absolute atomic E-state index is 13.8. The molecule has 0 aliphatic carbocycles. The average molecular weight is 678 g/mol. The Morgan fingerprint density at radius 3 is 1.94 bits per heavy atom. The van der Waals surface area contributed by atoms with Crippen LogP contribution in [0.3, 0.4) is 0 Å². The Hall–Kier alpha value is -4.59. The van der Waals surface area contributed by atoms with Gasteiger partial charge in [0.05, 0.1) is 6.04 Å². The lowest BCUT2D eigenvalue weighted by Crippen LogP contribution is -2.58. The smallest absolute Gasteiger partial charge is 0.323 e. The molecule has 3 atom stereocenters. The predicted octanol–water partition coefficient (Wildman–Crippen LogP) is 0.958. The number of likely N-dealkylation sites (tertiary alicyclic amines) is 1. The number of allylic oxidation sites excluding steroid dienone is 1. The number of carbonyl (C=O) groups is 5. The lowest BCUT2D eigenvalue weighted by molar-refractivity contribution is -0.147. The SMILES string of the molecule is CC(C)C[C@@H](NC(=O)[C@@H](Cc1ccccc1)NC(=O)[C@H](N)Cc1ccccc1)C(=O)N/C(=C/CCCN)C(=O)N1CCC(N)(C(=O)O)CC1. The van der Waals surface area contributed by atoms with Crippen LogP contribution in [-0.4, -0.2) is 82.9 Å². The summed E-state index contributed by atoms with van der Waals surface area (Å²) < 4.78 is 0. The molecule has 3 rings (SSSR count). The van der Waals surface area contributed by atoms with Gasteiger partial charge in [-0.15, -0.1) is 0 Å². The average Bonchev–Trinajstić information content (AvgIpc) is 3.07. The fourth-order valence-electron chi connectivity index (χ4n) is 5.54. The molecule has 266 valence electrons. The quantitative estimate of drug-likeness (QED) is 0.0934. The Bertz CT molecular complexity index is 1440. The number of amides is 4. The number of aliphatic carboxylic acids is 1. The van der Waals surface area contributed by atoms with Gasteiger partial charge in [0.15, 0.2) is 0 Å². The van der Waals surface area contributed by atoms with Crippen molar-refractivity contribution in [3.63, 3.8) is 0 Å². The first-order valence-corrected chi connectivity index (χ1v) is 16.8. The highest BCUT2D eigenvalue weighted by molar-refractivity contribution is 6.00. The minimum atomic E-state index is -1.42. The van der Waals surface area contributed by atoms with E-state index in [0.29, 0.717) is 19.4 Å². The second kappa shape index (κ2) is 18.8. The molecule has 10 N–H and O–H groups in total. The Morgan fingerprint density at radius 1 is 0.857 bits per heavy atom. The van der Waals surface area contributed by atoms with Gasteiger partial charge in [0.25, 0.3) is 5.91 Å². The molecule has 0 spiro atoms. The Labute approximate surface area is 288 Å². The molecule has 49 heavy (non-hydrogen) atoms. The molecule has 1 fully saturated rings. The third-order valence-corrected chi connectivity index (χ3v) is 8.50. The summed E-state index contributed by atoms with van der Waals surface area (Å²) in [5.41, 5.74) is 18.2. The van der Waals surface area contributed by atoms with Crippen LogP contribution < -0.4 is 33.2 Å². The molecular formula is C36H51N7O6. The van der Waals surface area contributed by atoms with E-state index >= 15 is 0 Å². The first kappa shape index (κ1) is 38.9. The summed E-state index contributed by atoms with van der Waals surface area (Å²) in [6.07, 6.45) is 3.38. The van der Waals surface area contributed by atoms with Crippen molar-refractivity contribution in [3.05, 3.63) is 83.6 Å². The van der Waals surface area contributed by atoms with E-state index in [4.69, 9.17) is 17.2 Å². The number of carboxylic acid groups (broad SMARTS) is 1. The molecule has 0 saturated carbocycles. The number of nitrogens with one attached hydrogen (secondary N) is 3. The Balaban J connectivity index is 1.79. The fraction of sp³-hybridized carbons (Fsp3) is 0.472. The molecule has 1 saturated heterocycles. The molecule has 1 aliphatic rings. The zero-order chi connectivity index (χ0) is 36.0. The van der Waals surface area contributed by atoms with Crippen LogP contribution in [0.15, 0.2) is 72.4 Å². The van der Waals surface area contributed by atoms with Gasteiger partial charge in [0.2, 0.25) is 17.7 Å². The number of unbranched alkanes of at least 4 members (excludes halogenated alkanes) is 1. The number of carbonyl (C=O) groups excluding carboxylic acids is 4. The molecule has 0 aromatic heterocycles. The van der Waals surface area contributed by atoms with Crippen LogP contribution >= 0.6 is 0 Å². The third-order valence-electron chi connectivity index (χ3n) is 8.50. The number of nitrogens with two attached hydrogens (primary N) is 3. The van der Waals surface area contributed by atoms with Gasteiger partial charge in [-0.2, -0.15) is 0 Å². The summed E-state index contributed by atoms with van der Waals surface area (Å²) >= 11 is 0. The molecule has 0 bridgehead atoms. The molecule has 1 heterocycles. The van der Waals surface area contributed by atoms with Crippen molar-refractivity contribution in [1.82, 2.24) is 20.9 Å². The zero-order valence-corrected chi connectivity index (χ0v) is 28.4. The minimum Gasteiger partial charge on any atom is -0.480 e. The fourth-order valence-corrected chi connectivity index (χ4v) is 5.54. The minimum absolute atomic E-state index is 0.0160. The van der Waals surface area contributed by atoms with E-state index in [1.54, 1.807) is 6.08 Å². The maximum atomic E-state index is 13.8. The zero-order valence-electron chi connectivity index (χ0n) is 28.4. The van der Waals surface area contributed by atoms with Gasteiger partial charge in [-0.1, -0.05) is 80.6 Å². The highest BCUT2D eigenvalue weighted by atomic mass is 16.4. The van der Waals surface area contributed by atoms with E-state index in [1.807, 2.05) is 74.5 Å². The summed E-state index contributed by atoms with van der Waals surface area (Å²) in [5, 5.41) is 17.8. The van der Waals surface area contributed by atoms with Gasteiger partial charge in [-0.3, -0.25) is 24.0 Å². The van der Waals surface area contributed by atoms with E-state index in [1.165, 1.54) is 4.90 Å². The van der Waals surface area contributed by atoms with Crippen molar-refractivity contribution in [2.45, 2.75) is 82.5 Å². The summed E-state index contributed by atoms with van der Waals surface area (Å²) in [5.74, 6) is -3.31. The van der Waals surface area contributed by atoms with Gasteiger partial charge in [-0.25, -0.2) is 0 Å². The molecule has 0 radical (unpaired) electrons. The number of hydrogen-bond donors (Lipinski definition) is 7. The molecule has 2 aromatic rings. The van der Waals surface area contributed by atoms with Crippen LogP contribution in [0.1, 0.15) is 57.1 Å². The van der Waals surface area contributed by atoms with Gasteiger partial charge in [-0.05, 0) is 62.1 Å². The topological polar surface area (TPSA) is 223 Å². The van der Waals surface area contributed by atoms with Crippen LogP contribution in [0.2, 0.25) is 0 Å². The maximum Gasteiger partial charge on any atom is 0.323 e. The highest BCUT2D eigenvalue weighted by Gasteiger charge is 2.39. The standard InChI is InChI=1S/C36H51N7O6/c1-24(2)21-29(32(45)40-28(15-9-10-18-37)34(47)43-19-16-36(39,17-20-43)35(48)49)42-33(46)30(23-26-13-7-4-8-14-26)41-31(44)27(38)22-25-11-5-3-6-12-25/h3-8,11-15,24,27,29-30H,9-10,16-23,37-39H2,1-2H3,(H,40,45)(H,41,44)(H,42,46)(H,48,49)/b28-15+/t27-,29-,30-/m1/s1. The van der Waals surface area contributed by atoms with E-state index in [9.17, 15) is 29.1 Å². The molecule has 2 aromatic carbocycles. The second-order valence-corrected chi connectivity index (χ2v) is 13.0. The first-order valence-electron chi connectivity index (χ1n) is 16.8. The number of hydrogen-bond acceptors (Lipinski definition) is 8. The molecule has 13 nitrogen and oxygen atoms in total. The Kier molecular flexibility index (Phi) is 14.9. The van der Waals surface area contributed by atoms with Gasteiger partial charge in [0.1, 0.15) is 23.3 Å². The molecule has 0 unspecified atom stereocenters. The van der Waals surface area contributed by atoms with E-state index in [-0.39, 0.29) is 56.8 Å². The van der Waals surface area contributed by atoms with Crippen molar-refractivity contribution < 1.29 is 29.1 Å².